The highest BCUT2D eigenvalue weighted by Gasteiger charge is 2.12. The molecule has 3 aromatic rings. The van der Waals surface area contributed by atoms with E-state index in [0.29, 0.717) is 0 Å². The lowest BCUT2D eigenvalue weighted by molar-refractivity contribution is 0.834. The van der Waals surface area contributed by atoms with Crippen molar-refractivity contribution >= 4 is 32.9 Å². The number of fused-ring (bicyclic) bond motifs is 1. The summed E-state index contributed by atoms with van der Waals surface area (Å²) in [4.78, 5) is 6.65. The number of nitrogens with two attached hydrogens (primary N) is 1. The van der Waals surface area contributed by atoms with Crippen molar-refractivity contribution in [1.82, 2.24) is 4.98 Å². The van der Waals surface area contributed by atoms with Gasteiger partial charge in [-0.05, 0) is 24.6 Å². The molecule has 0 radical (unpaired) electrons. The van der Waals surface area contributed by atoms with E-state index >= 15 is 0 Å². The van der Waals surface area contributed by atoms with Gasteiger partial charge in [-0.15, -0.1) is 11.3 Å². The highest BCUT2D eigenvalue weighted by molar-refractivity contribution is 7.16. The molecule has 0 atom stereocenters. The summed E-state index contributed by atoms with van der Waals surface area (Å²) in [6.45, 7) is 3.92. The smallest absolute Gasteiger partial charge is 0.106 e. The SMILES string of the molecule is CCN(Cc1ccccc1)c1ccc2scnc2c1N. The van der Waals surface area contributed by atoms with Crippen LogP contribution >= 0.6 is 11.3 Å². The molecule has 0 saturated heterocycles. The van der Waals surface area contributed by atoms with Crippen molar-refractivity contribution in [3.05, 3.63) is 53.5 Å². The summed E-state index contributed by atoms with van der Waals surface area (Å²) in [7, 11) is 0. The van der Waals surface area contributed by atoms with Crippen LogP contribution in [0.5, 0.6) is 0 Å². The summed E-state index contributed by atoms with van der Waals surface area (Å²) < 4.78 is 1.14. The molecule has 4 heteroatoms. The van der Waals surface area contributed by atoms with Gasteiger partial charge in [-0.25, -0.2) is 4.98 Å². The summed E-state index contributed by atoms with van der Waals surface area (Å²) in [5.74, 6) is 0. The number of anilines is 2. The van der Waals surface area contributed by atoms with E-state index in [2.05, 4.69) is 53.2 Å². The predicted molar refractivity (Wildman–Crippen MR) is 87.2 cm³/mol. The molecule has 0 aliphatic carbocycles. The quantitative estimate of drug-likeness (QED) is 0.738. The van der Waals surface area contributed by atoms with E-state index in [1.807, 2.05) is 11.6 Å². The Hall–Kier alpha value is -2.07. The van der Waals surface area contributed by atoms with Gasteiger partial charge in [0.2, 0.25) is 0 Å². The van der Waals surface area contributed by atoms with E-state index in [1.165, 1.54) is 5.56 Å². The van der Waals surface area contributed by atoms with E-state index in [4.69, 9.17) is 5.73 Å². The molecule has 0 unspecified atom stereocenters. The van der Waals surface area contributed by atoms with E-state index in [0.717, 1.165) is 34.7 Å². The third-order valence-electron chi connectivity index (χ3n) is 3.46. The summed E-state index contributed by atoms with van der Waals surface area (Å²) in [5, 5.41) is 0. The Morgan fingerprint density at radius 3 is 2.70 bits per heavy atom. The van der Waals surface area contributed by atoms with Gasteiger partial charge < -0.3 is 10.6 Å². The molecule has 2 N–H and O–H groups in total. The molecular weight excluding hydrogens is 266 g/mol. The molecule has 0 aliphatic heterocycles. The van der Waals surface area contributed by atoms with Gasteiger partial charge in [0.1, 0.15) is 5.52 Å². The molecule has 0 saturated carbocycles. The van der Waals surface area contributed by atoms with Crippen LogP contribution in [0.1, 0.15) is 12.5 Å². The summed E-state index contributed by atoms with van der Waals surface area (Å²) in [5.41, 5.74) is 12.2. The first-order chi connectivity index (χ1) is 9.79. The summed E-state index contributed by atoms with van der Waals surface area (Å²) >= 11 is 1.62. The van der Waals surface area contributed by atoms with Gasteiger partial charge in [-0.3, -0.25) is 0 Å². The third-order valence-corrected chi connectivity index (χ3v) is 4.25. The number of nitrogen functional groups attached to an aromatic ring is 1. The molecule has 20 heavy (non-hydrogen) atoms. The first-order valence-corrected chi connectivity index (χ1v) is 7.58. The van der Waals surface area contributed by atoms with E-state index in [9.17, 15) is 0 Å². The number of benzene rings is 2. The van der Waals surface area contributed by atoms with Crippen LogP contribution in [-0.4, -0.2) is 11.5 Å². The maximum absolute atomic E-state index is 6.30. The molecule has 0 spiro atoms. The van der Waals surface area contributed by atoms with Crippen LogP contribution < -0.4 is 10.6 Å². The van der Waals surface area contributed by atoms with Crippen molar-refractivity contribution in [3.63, 3.8) is 0 Å². The largest absolute Gasteiger partial charge is 0.395 e. The molecular formula is C16H17N3S. The zero-order valence-electron chi connectivity index (χ0n) is 11.4. The molecule has 1 heterocycles. The second kappa shape index (κ2) is 5.51. The molecule has 0 aliphatic rings. The minimum Gasteiger partial charge on any atom is -0.395 e. The van der Waals surface area contributed by atoms with Crippen LogP contribution in [0.4, 0.5) is 11.4 Å². The van der Waals surface area contributed by atoms with Gasteiger partial charge in [0.15, 0.2) is 0 Å². The van der Waals surface area contributed by atoms with E-state index in [1.54, 1.807) is 11.3 Å². The van der Waals surface area contributed by atoms with Gasteiger partial charge in [-0.1, -0.05) is 30.3 Å². The second-order valence-electron chi connectivity index (χ2n) is 4.70. The number of nitrogens with zero attached hydrogens (tertiary/aromatic N) is 2. The zero-order valence-corrected chi connectivity index (χ0v) is 12.2. The molecule has 3 rings (SSSR count). The number of thiazole rings is 1. The van der Waals surface area contributed by atoms with Crippen molar-refractivity contribution in [1.29, 1.82) is 0 Å². The van der Waals surface area contributed by atoms with Gasteiger partial charge in [0.25, 0.3) is 0 Å². The van der Waals surface area contributed by atoms with E-state index < -0.39 is 0 Å². The van der Waals surface area contributed by atoms with Crippen molar-refractivity contribution in [2.45, 2.75) is 13.5 Å². The fourth-order valence-corrected chi connectivity index (χ4v) is 3.08. The van der Waals surface area contributed by atoms with Gasteiger partial charge in [-0.2, -0.15) is 0 Å². The standard InChI is InChI=1S/C16H17N3S/c1-2-19(10-12-6-4-3-5-7-12)13-8-9-14-16(15(13)17)18-11-20-14/h3-9,11H,2,10,17H2,1H3. The predicted octanol–water partition coefficient (Wildman–Crippen LogP) is 3.91. The minimum atomic E-state index is 0.779. The Morgan fingerprint density at radius 2 is 1.95 bits per heavy atom. The van der Waals surface area contributed by atoms with Crippen molar-refractivity contribution in [2.24, 2.45) is 0 Å². The lowest BCUT2D eigenvalue weighted by Crippen LogP contribution is -2.23. The Labute approximate surface area is 122 Å². The maximum atomic E-state index is 6.30. The average molecular weight is 283 g/mol. The molecule has 2 aromatic carbocycles. The average Bonchev–Trinajstić information content (AvgIpc) is 2.96. The van der Waals surface area contributed by atoms with Gasteiger partial charge >= 0.3 is 0 Å². The van der Waals surface area contributed by atoms with Gasteiger partial charge in [0.05, 0.1) is 21.6 Å². The third kappa shape index (κ3) is 2.34. The highest BCUT2D eigenvalue weighted by atomic mass is 32.1. The van der Waals surface area contributed by atoms with E-state index in [-0.39, 0.29) is 0 Å². The number of hydrogen-bond donors (Lipinski definition) is 1. The van der Waals surface area contributed by atoms with Crippen LogP contribution in [0.25, 0.3) is 10.2 Å². The Kier molecular flexibility index (Phi) is 3.56. The van der Waals surface area contributed by atoms with Crippen molar-refractivity contribution in [3.8, 4) is 0 Å². The van der Waals surface area contributed by atoms with Gasteiger partial charge in [0, 0.05) is 13.1 Å². The van der Waals surface area contributed by atoms with Crippen molar-refractivity contribution in [2.75, 3.05) is 17.2 Å². The molecule has 0 amide bonds. The number of rotatable bonds is 4. The summed E-state index contributed by atoms with van der Waals surface area (Å²) in [6.07, 6.45) is 0. The monoisotopic (exact) mass is 283 g/mol. The van der Waals surface area contributed by atoms with Crippen molar-refractivity contribution < 1.29 is 0 Å². The Balaban J connectivity index is 1.96. The number of hydrogen-bond acceptors (Lipinski definition) is 4. The molecule has 0 bridgehead atoms. The fraction of sp³-hybridized carbons (Fsp3) is 0.188. The summed E-state index contributed by atoms with van der Waals surface area (Å²) in [6, 6.07) is 14.6. The number of aromatic nitrogens is 1. The van der Waals surface area contributed by atoms with Crippen LogP contribution in [0.15, 0.2) is 48.0 Å². The molecule has 102 valence electrons. The molecule has 3 nitrogen and oxygen atoms in total. The minimum absolute atomic E-state index is 0.779. The fourth-order valence-electron chi connectivity index (χ4n) is 2.39. The first-order valence-electron chi connectivity index (χ1n) is 6.70. The van der Waals surface area contributed by atoms with Crippen LogP contribution in [0.2, 0.25) is 0 Å². The van der Waals surface area contributed by atoms with Crippen LogP contribution in [0.3, 0.4) is 0 Å². The lowest BCUT2D eigenvalue weighted by atomic mass is 10.1. The van der Waals surface area contributed by atoms with Crippen LogP contribution in [0, 0.1) is 0 Å². The Morgan fingerprint density at radius 1 is 1.15 bits per heavy atom. The topological polar surface area (TPSA) is 42.2 Å². The molecule has 0 fully saturated rings. The zero-order chi connectivity index (χ0) is 13.9. The normalized spacial score (nSPS) is 10.8. The first kappa shape index (κ1) is 12.9. The molecule has 1 aromatic heterocycles. The highest BCUT2D eigenvalue weighted by Crippen LogP contribution is 2.33. The Bertz CT molecular complexity index is 706. The van der Waals surface area contributed by atoms with Crippen LogP contribution in [-0.2, 0) is 6.54 Å². The second-order valence-corrected chi connectivity index (χ2v) is 5.58. The lowest BCUT2D eigenvalue weighted by Gasteiger charge is -2.24. The maximum Gasteiger partial charge on any atom is 0.106 e.